The molecular formula is C22H20Cl2FN5OS. The molecule has 3 heterocycles. The summed E-state index contributed by atoms with van der Waals surface area (Å²) < 4.78 is 20.6. The van der Waals surface area contributed by atoms with Gasteiger partial charge in [0.25, 0.3) is 0 Å². The Bertz CT molecular complexity index is 1140. The Kier molecular flexibility index (Phi) is 7.03. The van der Waals surface area contributed by atoms with Gasteiger partial charge in [-0.2, -0.15) is 11.8 Å². The molecular weight excluding hydrogens is 472 g/mol. The van der Waals surface area contributed by atoms with Crippen molar-refractivity contribution in [3.63, 3.8) is 0 Å². The van der Waals surface area contributed by atoms with Gasteiger partial charge in [0, 0.05) is 65.6 Å². The van der Waals surface area contributed by atoms with E-state index in [-0.39, 0.29) is 12.3 Å². The van der Waals surface area contributed by atoms with Gasteiger partial charge in [0.05, 0.1) is 15.8 Å². The first-order valence-electron chi connectivity index (χ1n) is 9.82. The Morgan fingerprint density at radius 2 is 1.88 bits per heavy atom. The lowest BCUT2D eigenvalue weighted by molar-refractivity contribution is 0.306. The van der Waals surface area contributed by atoms with Crippen molar-refractivity contribution >= 4 is 52.2 Å². The number of pyridine rings is 2. The molecule has 0 aliphatic carbocycles. The lowest BCUT2D eigenvalue weighted by atomic mass is 10.0. The van der Waals surface area contributed by atoms with Gasteiger partial charge in [-0.3, -0.25) is 10.4 Å². The fraction of sp³-hybridized carbons (Fsp3) is 0.227. The minimum Gasteiger partial charge on any atom is -0.489 e. The molecule has 0 spiro atoms. The van der Waals surface area contributed by atoms with Gasteiger partial charge in [-0.15, -0.1) is 0 Å². The summed E-state index contributed by atoms with van der Waals surface area (Å²) in [4.78, 5) is 10.1. The largest absolute Gasteiger partial charge is 0.489 e. The van der Waals surface area contributed by atoms with E-state index in [4.69, 9.17) is 39.1 Å². The number of halogens is 3. The van der Waals surface area contributed by atoms with Crippen LogP contribution in [0.1, 0.15) is 16.7 Å². The standard InChI is InChI=1S/C22H20Cl2FN5OS/c23-17-10-28-11-18(24)16(17)12-31-14-1-2-20(26)15(8-14)21(27)13-7-19(25)22(29-9-13)30-3-5-32-6-4-30/h1-2,7-11,27H,3-6,12,26H2. The lowest BCUT2D eigenvalue weighted by Crippen LogP contribution is -2.33. The maximum absolute atomic E-state index is 14.8. The van der Waals surface area contributed by atoms with E-state index in [1.54, 1.807) is 18.2 Å². The summed E-state index contributed by atoms with van der Waals surface area (Å²) in [5.41, 5.74) is 7.88. The number of nitrogens with one attached hydrogen (secondary N) is 1. The van der Waals surface area contributed by atoms with E-state index in [0.717, 1.165) is 24.6 Å². The van der Waals surface area contributed by atoms with Gasteiger partial charge in [-0.05, 0) is 24.3 Å². The summed E-state index contributed by atoms with van der Waals surface area (Å²) in [5, 5.41) is 9.37. The molecule has 1 saturated heterocycles. The molecule has 1 fully saturated rings. The van der Waals surface area contributed by atoms with Crippen molar-refractivity contribution in [2.24, 2.45) is 0 Å². The van der Waals surface area contributed by atoms with E-state index in [0.29, 0.717) is 44.0 Å². The Morgan fingerprint density at radius 3 is 2.56 bits per heavy atom. The molecule has 6 nitrogen and oxygen atoms in total. The summed E-state index contributed by atoms with van der Waals surface area (Å²) in [6, 6.07) is 6.29. The highest BCUT2D eigenvalue weighted by Gasteiger charge is 2.19. The highest BCUT2D eigenvalue weighted by Crippen LogP contribution is 2.28. The van der Waals surface area contributed by atoms with Crippen molar-refractivity contribution in [1.82, 2.24) is 9.97 Å². The molecule has 3 aromatic rings. The first-order valence-corrected chi connectivity index (χ1v) is 11.7. The molecule has 0 radical (unpaired) electrons. The number of nitrogen functional groups attached to an aromatic ring is 1. The highest BCUT2D eigenvalue weighted by molar-refractivity contribution is 7.99. The normalized spacial score (nSPS) is 13.8. The van der Waals surface area contributed by atoms with Crippen LogP contribution in [0.25, 0.3) is 0 Å². The van der Waals surface area contributed by atoms with Gasteiger partial charge >= 0.3 is 0 Å². The first kappa shape index (κ1) is 22.6. The molecule has 0 saturated carbocycles. The van der Waals surface area contributed by atoms with Crippen molar-refractivity contribution in [3.8, 4) is 5.75 Å². The zero-order valence-corrected chi connectivity index (χ0v) is 19.3. The topological polar surface area (TPSA) is 88.1 Å². The van der Waals surface area contributed by atoms with Gasteiger partial charge in [0.1, 0.15) is 12.4 Å². The van der Waals surface area contributed by atoms with Gasteiger partial charge in [0.2, 0.25) is 0 Å². The molecule has 4 rings (SSSR count). The summed E-state index contributed by atoms with van der Waals surface area (Å²) in [6.45, 7) is 1.63. The Hall–Kier alpha value is -2.55. The summed E-state index contributed by atoms with van der Waals surface area (Å²) in [7, 11) is 0. The molecule has 0 atom stereocenters. The van der Waals surface area contributed by atoms with E-state index < -0.39 is 5.82 Å². The van der Waals surface area contributed by atoms with Crippen LogP contribution in [0.15, 0.2) is 42.9 Å². The molecule has 1 aromatic carbocycles. The SMILES string of the molecule is N=C(c1cnc(N2CCSCC2)c(F)c1)c1cc(OCc2c(Cl)cncc2Cl)ccc1N. The molecule has 3 N–H and O–H groups in total. The minimum absolute atomic E-state index is 0.0556. The minimum atomic E-state index is -0.452. The first-order chi connectivity index (χ1) is 15.4. The predicted octanol–water partition coefficient (Wildman–Crippen LogP) is 5.05. The van der Waals surface area contributed by atoms with E-state index >= 15 is 0 Å². The second-order valence-electron chi connectivity index (χ2n) is 7.12. The third kappa shape index (κ3) is 4.92. The smallest absolute Gasteiger partial charge is 0.166 e. The van der Waals surface area contributed by atoms with Gasteiger partial charge < -0.3 is 15.4 Å². The van der Waals surface area contributed by atoms with Crippen molar-refractivity contribution in [2.45, 2.75) is 6.61 Å². The lowest BCUT2D eigenvalue weighted by Gasteiger charge is -2.27. The molecule has 1 aliphatic rings. The van der Waals surface area contributed by atoms with Crippen LogP contribution in [0.5, 0.6) is 5.75 Å². The van der Waals surface area contributed by atoms with Crippen LogP contribution in [0, 0.1) is 11.2 Å². The molecule has 0 unspecified atom stereocenters. The van der Waals surface area contributed by atoms with Gasteiger partial charge in [0.15, 0.2) is 11.6 Å². The summed E-state index contributed by atoms with van der Waals surface area (Å²) in [5.74, 6) is 2.22. The molecule has 166 valence electrons. The number of anilines is 2. The van der Waals surface area contributed by atoms with Crippen LogP contribution in [0.3, 0.4) is 0 Å². The van der Waals surface area contributed by atoms with Crippen LogP contribution >= 0.6 is 35.0 Å². The van der Waals surface area contributed by atoms with Crippen LogP contribution in [0.4, 0.5) is 15.9 Å². The second-order valence-corrected chi connectivity index (χ2v) is 9.16. The maximum atomic E-state index is 14.8. The molecule has 0 bridgehead atoms. The molecule has 10 heteroatoms. The zero-order chi connectivity index (χ0) is 22.7. The highest BCUT2D eigenvalue weighted by atomic mass is 35.5. The average Bonchev–Trinajstić information content (AvgIpc) is 2.80. The molecule has 32 heavy (non-hydrogen) atoms. The van der Waals surface area contributed by atoms with Crippen molar-refractivity contribution < 1.29 is 9.13 Å². The average molecular weight is 492 g/mol. The summed E-state index contributed by atoms with van der Waals surface area (Å²) in [6.07, 6.45) is 4.49. The fourth-order valence-corrected chi connectivity index (χ4v) is 4.68. The van der Waals surface area contributed by atoms with Crippen LogP contribution in [-0.2, 0) is 6.61 Å². The number of thioether (sulfide) groups is 1. The van der Waals surface area contributed by atoms with Crippen molar-refractivity contribution in [3.05, 3.63) is 75.4 Å². The summed E-state index contributed by atoms with van der Waals surface area (Å²) >= 11 is 14.1. The zero-order valence-electron chi connectivity index (χ0n) is 16.9. The monoisotopic (exact) mass is 491 g/mol. The van der Waals surface area contributed by atoms with Crippen LogP contribution < -0.4 is 15.4 Å². The number of nitrogens with zero attached hydrogens (tertiary/aromatic N) is 3. The molecule has 0 amide bonds. The number of nitrogens with two attached hydrogens (primary N) is 1. The molecule has 2 aromatic heterocycles. The Balaban J connectivity index is 1.54. The van der Waals surface area contributed by atoms with Crippen molar-refractivity contribution in [2.75, 3.05) is 35.2 Å². The number of rotatable bonds is 6. The fourth-order valence-electron chi connectivity index (χ4n) is 3.30. The van der Waals surface area contributed by atoms with E-state index in [9.17, 15) is 4.39 Å². The number of benzene rings is 1. The Morgan fingerprint density at radius 1 is 1.16 bits per heavy atom. The van der Waals surface area contributed by atoms with E-state index in [1.807, 2.05) is 16.7 Å². The van der Waals surface area contributed by atoms with E-state index in [1.165, 1.54) is 24.7 Å². The predicted molar refractivity (Wildman–Crippen MR) is 129 cm³/mol. The van der Waals surface area contributed by atoms with Crippen molar-refractivity contribution in [1.29, 1.82) is 5.41 Å². The number of ether oxygens (including phenoxy) is 1. The number of hydrogen-bond donors (Lipinski definition) is 2. The van der Waals surface area contributed by atoms with Crippen LogP contribution in [-0.4, -0.2) is 40.3 Å². The molecule has 1 aliphatic heterocycles. The quantitative estimate of drug-likeness (QED) is 0.370. The number of aromatic nitrogens is 2. The van der Waals surface area contributed by atoms with E-state index in [2.05, 4.69) is 9.97 Å². The second kappa shape index (κ2) is 9.94. The maximum Gasteiger partial charge on any atom is 0.166 e. The number of hydrogen-bond acceptors (Lipinski definition) is 7. The Labute approximate surface area is 199 Å². The third-order valence-electron chi connectivity index (χ3n) is 5.05. The van der Waals surface area contributed by atoms with Gasteiger partial charge in [-0.25, -0.2) is 9.37 Å². The van der Waals surface area contributed by atoms with Crippen LogP contribution in [0.2, 0.25) is 10.0 Å². The third-order valence-corrected chi connectivity index (χ3v) is 6.64. The van der Waals surface area contributed by atoms with Gasteiger partial charge in [-0.1, -0.05) is 23.2 Å².